The number of halogens is 1. The third-order valence-corrected chi connectivity index (χ3v) is 7.14. The molecule has 0 aliphatic carbocycles. The van der Waals surface area contributed by atoms with Crippen molar-refractivity contribution in [2.45, 2.75) is 19.0 Å². The first kappa shape index (κ1) is 25.3. The Bertz CT molecular complexity index is 1510. The summed E-state index contributed by atoms with van der Waals surface area (Å²) in [5.74, 6) is -0.408. The number of ether oxygens (including phenoxy) is 1. The van der Waals surface area contributed by atoms with E-state index in [0.717, 1.165) is 0 Å². The van der Waals surface area contributed by atoms with Crippen LogP contribution in [0.5, 0.6) is 5.75 Å². The van der Waals surface area contributed by atoms with Crippen molar-refractivity contribution < 1.29 is 19.1 Å². The fourth-order valence-corrected chi connectivity index (χ4v) is 5.14. The summed E-state index contributed by atoms with van der Waals surface area (Å²) in [4.78, 5) is 45.9. The Morgan fingerprint density at radius 2 is 2.08 bits per heavy atom. The van der Waals surface area contributed by atoms with Crippen LogP contribution in [0.2, 0.25) is 5.02 Å². The van der Waals surface area contributed by atoms with Crippen molar-refractivity contribution in [3.63, 3.8) is 0 Å². The smallest absolute Gasteiger partial charge is 0.267 e. The summed E-state index contributed by atoms with van der Waals surface area (Å²) in [5, 5.41) is 15.1. The Morgan fingerprint density at radius 3 is 2.84 bits per heavy atom. The number of fused-ring (bicyclic) bond motifs is 1. The molecule has 3 aromatic heterocycles. The maximum absolute atomic E-state index is 13.6. The van der Waals surface area contributed by atoms with Gasteiger partial charge < -0.3 is 20.3 Å². The van der Waals surface area contributed by atoms with Gasteiger partial charge in [-0.2, -0.15) is 5.10 Å². The Kier molecular flexibility index (Phi) is 7.29. The first-order valence-corrected chi connectivity index (χ1v) is 12.7. The molecular formula is C26H21ClN6O4S. The van der Waals surface area contributed by atoms with Gasteiger partial charge >= 0.3 is 0 Å². The topological polar surface area (TPSA) is 126 Å². The quantitative estimate of drug-likeness (QED) is 0.357. The summed E-state index contributed by atoms with van der Waals surface area (Å²) in [5.41, 5.74) is 2.04. The first-order chi connectivity index (χ1) is 18.4. The van der Waals surface area contributed by atoms with E-state index < -0.39 is 11.9 Å². The van der Waals surface area contributed by atoms with E-state index in [0.29, 0.717) is 27.6 Å². The van der Waals surface area contributed by atoms with Crippen LogP contribution in [-0.2, 0) is 17.8 Å². The van der Waals surface area contributed by atoms with Gasteiger partial charge in [0.25, 0.3) is 11.8 Å². The molecule has 0 bridgehead atoms. The van der Waals surface area contributed by atoms with Crippen LogP contribution in [0.25, 0.3) is 0 Å². The van der Waals surface area contributed by atoms with Crippen LogP contribution in [-0.4, -0.2) is 51.0 Å². The summed E-state index contributed by atoms with van der Waals surface area (Å²) >= 11 is 7.75. The lowest BCUT2D eigenvalue weighted by molar-refractivity contribution is -0.120. The molecule has 38 heavy (non-hydrogen) atoms. The second-order valence-electron chi connectivity index (χ2n) is 8.38. The summed E-state index contributed by atoms with van der Waals surface area (Å²) in [6.07, 6.45) is 3.30. The fourth-order valence-electron chi connectivity index (χ4n) is 4.05. The number of nitrogens with zero attached hydrogens (tertiary/aromatic N) is 4. The average molecular weight is 549 g/mol. The van der Waals surface area contributed by atoms with Crippen LogP contribution < -0.4 is 15.4 Å². The van der Waals surface area contributed by atoms with Crippen molar-refractivity contribution in [2.24, 2.45) is 0 Å². The van der Waals surface area contributed by atoms with E-state index in [1.54, 1.807) is 41.9 Å². The molecule has 10 nitrogen and oxygen atoms in total. The number of hydrogen-bond donors (Lipinski definition) is 2. The van der Waals surface area contributed by atoms with Crippen LogP contribution in [0.1, 0.15) is 31.3 Å². The van der Waals surface area contributed by atoms with Gasteiger partial charge in [0.05, 0.1) is 29.6 Å². The first-order valence-electron chi connectivity index (χ1n) is 11.5. The maximum Gasteiger partial charge on any atom is 0.267 e. The van der Waals surface area contributed by atoms with Gasteiger partial charge in [-0.05, 0) is 41.3 Å². The second-order valence-corrected chi connectivity index (χ2v) is 9.70. The van der Waals surface area contributed by atoms with Gasteiger partial charge in [-0.25, -0.2) is 0 Å². The third-order valence-electron chi connectivity index (χ3n) is 5.92. The normalized spacial score (nSPS) is 14.9. The van der Waals surface area contributed by atoms with E-state index in [2.05, 4.69) is 25.8 Å². The van der Waals surface area contributed by atoms with E-state index in [9.17, 15) is 14.4 Å². The molecule has 5 rings (SSSR count). The Balaban J connectivity index is 1.40. The minimum Gasteiger partial charge on any atom is -0.495 e. The van der Waals surface area contributed by atoms with Crippen LogP contribution >= 0.6 is 22.9 Å². The molecule has 2 N–H and O–H groups in total. The number of carbonyl (C=O) groups is 3. The van der Waals surface area contributed by atoms with Gasteiger partial charge in [0, 0.05) is 30.9 Å². The molecule has 12 heteroatoms. The molecule has 0 radical (unpaired) electrons. The second kappa shape index (κ2) is 11.0. The molecule has 3 amide bonds. The minimum absolute atomic E-state index is 0.101. The number of methoxy groups -OCH3 is 1. The number of pyridine rings is 1. The highest BCUT2D eigenvalue weighted by atomic mass is 35.5. The van der Waals surface area contributed by atoms with Gasteiger partial charge in [-0.3, -0.25) is 19.4 Å². The van der Waals surface area contributed by atoms with Crippen LogP contribution in [0.4, 0.5) is 11.5 Å². The number of carbonyl (C=O) groups excluding carboxylic acids is 3. The molecule has 0 saturated carbocycles. The molecule has 4 heterocycles. The molecule has 1 aromatic carbocycles. The van der Waals surface area contributed by atoms with Crippen LogP contribution in [0.3, 0.4) is 0 Å². The number of hydrogen-bond acceptors (Lipinski definition) is 8. The molecule has 192 valence electrons. The predicted octanol–water partition coefficient (Wildman–Crippen LogP) is 4.05. The van der Waals surface area contributed by atoms with Crippen molar-refractivity contribution in [3.8, 4) is 5.75 Å². The molecule has 4 aromatic rings. The Morgan fingerprint density at radius 1 is 1.21 bits per heavy atom. The number of nitrogens with one attached hydrogen (secondary N) is 2. The van der Waals surface area contributed by atoms with Crippen molar-refractivity contribution in [1.82, 2.24) is 20.1 Å². The summed E-state index contributed by atoms with van der Waals surface area (Å²) in [6.45, 7) is 0.101. The van der Waals surface area contributed by atoms with Crippen molar-refractivity contribution >= 4 is 52.2 Å². The highest BCUT2D eigenvalue weighted by Crippen LogP contribution is 2.31. The molecule has 1 atom stereocenters. The molecule has 1 aliphatic heterocycles. The number of rotatable bonds is 7. The number of amides is 3. The van der Waals surface area contributed by atoms with Gasteiger partial charge in [0.1, 0.15) is 16.7 Å². The lowest BCUT2D eigenvalue weighted by atomic mass is 10.1. The van der Waals surface area contributed by atoms with Gasteiger partial charge in [-0.15, -0.1) is 16.4 Å². The number of benzene rings is 1. The van der Waals surface area contributed by atoms with E-state index in [-0.39, 0.29) is 41.2 Å². The molecule has 0 fully saturated rings. The van der Waals surface area contributed by atoms with Gasteiger partial charge in [0.15, 0.2) is 5.82 Å². The number of aromatic nitrogens is 3. The average Bonchev–Trinajstić information content (AvgIpc) is 3.36. The SMILES string of the molecule is COc1cnnc(NC(=O)c2ccc(CN3C(=O)c4sccc4NC(=O)C3Cc3ccccn3)cc2Cl)c1. The zero-order valence-electron chi connectivity index (χ0n) is 20.1. The zero-order chi connectivity index (χ0) is 26.6. The van der Waals surface area contributed by atoms with E-state index in [1.165, 1.54) is 35.6 Å². The lowest BCUT2D eigenvalue weighted by Gasteiger charge is -2.28. The van der Waals surface area contributed by atoms with Crippen LogP contribution in [0.15, 0.2) is 66.3 Å². The van der Waals surface area contributed by atoms with Crippen molar-refractivity contribution in [2.75, 3.05) is 17.7 Å². The van der Waals surface area contributed by atoms with Crippen molar-refractivity contribution in [1.29, 1.82) is 0 Å². The molecular weight excluding hydrogens is 528 g/mol. The Labute approximate surface area is 226 Å². The van der Waals surface area contributed by atoms with E-state index >= 15 is 0 Å². The zero-order valence-corrected chi connectivity index (χ0v) is 21.6. The summed E-state index contributed by atoms with van der Waals surface area (Å²) in [7, 11) is 1.48. The summed E-state index contributed by atoms with van der Waals surface area (Å²) in [6, 6.07) is 12.8. The highest BCUT2D eigenvalue weighted by molar-refractivity contribution is 7.12. The standard InChI is InChI=1S/C26H21ClN6O4S/c1-37-17-12-22(32-29-13-17)31-24(34)18-6-5-15(10-19(18)27)14-33-21(11-16-4-2-3-8-28-16)25(35)30-20-7-9-38-23(20)26(33)36/h2-10,12-13,21H,11,14H2,1H3,(H,30,35)(H,31,32,34). The summed E-state index contributed by atoms with van der Waals surface area (Å²) < 4.78 is 5.10. The van der Waals surface area contributed by atoms with Gasteiger partial charge in [0.2, 0.25) is 5.91 Å². The minimum atomic E-state index is -0.801. The maximum atomic E-state index is 13.6. The van der Waals surface area contributed by atoms with E-state index in [4.69, 9.17) is 16.3 Å². The fraction of sp³-hybridized carbons (Fsp3) is 0.154. The number of thiophene rings is 1. The van der Waals surface area contributed by atoms with Gasteiger partial charge in [-0.1, -0.05) is 23.7 Å². The van der Waals surface area contributed by atoms with E-state index in [1.807, 2.05) is 12.1 Å². The predicted molar refractivity (Wildman–Crippen MR) is 143 cm³/mol. The monoisotopic (exact) mass is 548 g/mol. The number of anilines is 2. The molecule has 1 aliphatic rings. The largest absolute Gasteiger partial charge is 0.495 e. The molecule has 0 saturated heterocycles. The van der Waals surface area contributed by atoms with Crippen LogP contribution in [0, 0.1) is 0 Å². The lowest BCUT2D eigenvalue weighted by Crippen LogP contribution is -2.46. The molecule has 0 spiro atoms. The third kappa shape index (κ3) is 5.34. The Hall–Kier alpha value is -4.35. The molecule has 1 unspecified atom stereocenters. The highest BCUT2D eigenvalue weighted by Gasteiger charge is 2.36. The van der Waals surface area contributed by atoms with Crippen molar-refractivity contribution in [3.05, 3.63) is 93.0 Å².